The predicted molar refractivity (Wildman–Crippen MR) is 117 cm³/mol. The van der Waals surface area contributed by atoms with Crippen molar-refractivity contribution >= 4 is 12.2 Å². The molecule has 2 atom stereocenters. The molecule has 1 heterocycles. The quantitative estimate of drug-likeness (QED) is 0.528. The maximum absolute atomic E-state index is 12.8. The summed E-state index contributed by atoms with van der Waals surface area (Å²) in [5, 5.41) is 7.36. The summed E-state index contributed by atoms with van der Waals surface area (Å²) >= 11 is 0. The lowest BCUT2D eigenvalue weighted by Crippen LogP contribution is -2.36. The third-order valence-corrected chi connectivity index (χ3v) is 5.23. The summed E-state index contributed by atoms with van der Waals surface area (Å²) in [6, 6.07) is 6.78. The van der Waals surface area contributed by atoms with Gasteiger partial charge in [-0.2, -0.15) is 5.10 Å². The molecule has 1 N–H and O–H groups in total. The van der Waals surface area contributed by atoms with Gasteiger partial charge in [-0.1, -0.05) is 46.1 Å². The van der Waals surface area contributed by atoms with Crippen LogP contribution >= 0.6 is 0 Å². The molecule has 1 aromatic carbocycles. The summed E-state index contributed by atoms with van der Waals surface area (Å²) in [6.45, 7) is 6.95. The van der Waals surface area contributed by atoms with Gasteiger partial charge in [0, 0.05) is 6.54 Å². The van der Waals surface area contributed by atoms with Crippen LogP contribution in [-0.4, -0.2) is 42.2 Å². The summed E-state index contributed by atoms with van der Waals surface area (Å²) in [5.74, 6) is 1.29. The summed E-state index contributed by atoms with van der Waals surface area (Å²) in [6.07, 6.45) is 4.21. The maximum Gasteiger partial charge on any atom is 0.272 e. The second-order valence-corrected chi connectivity index (χ2v) is 7.51. The first-order valence-electron chi connectivity index (χ1n) is 10.5. The second kappa shape index (κ2) is 11.4. The molecule has 2 unspecified atom stereocenters. The van der Waals surface area contributed by atoms with Crippen LogP contribution in [0.3, 0.4) is 0 Å². The Kier molecular flexibility index (Phi) is 8.89. The van der Waals surface area contributed by atoms with Crippen LogP contribution in [0.5, 0.6) is 11.5 Å². The highest BCUT2D eigenvalue weighted by molar-refractivity contribution is 5.95. The summed E-state index contributed by atoms with van der Waals surface area (Å²) in [5.41, 5.74) is 1.76. The summed E-state index contributed by atoms with van der Waals surface area (Å²) in [7, 11) is 3.20. The molecule has 0 spiro atoms. The molecule has 0 saturated carbocycles. The number of unbranched alkanes of at least 4 members (excludes halogenated alkanes) is 1. The minimum atomic E-state index is -0.513. The van der Waals surface area contributed by atoms with Crippen LogP contribution in [0.25, 0.3) is 11.3 Å². The highest BCUT2D eigenvalue weighted by atomic mass is 16.5. The van der Waals surface area contributed by atoms with Gasteiger partial charge in [-0.25, -0.2) is 0 Å². The highest BCUT2D eigenvalue weighted by Gasteiger charge is 2.23. The number of amides is 1. The van der Waals surface area contributed by atoms with Gasteiger partial charge in [0.15, 0.2) is 5.69 Å². The van der Waals surface area contributed by atoms with Crippen molar-refractivity contribution in [3.8, 4) is 22.8 Å². The number of nitrogens with zero attached hydrogens (tertiary/aromatic N) is 2. The van der Waals surface area contributed by atoms with Crippen LogP contribution in [0.2, 0.25) is 0 Å². The molecule has 30 heavy (non-hydrogen) atoms. The molecule has 0 radical (unpaired) electrons. The molecule has 1 amide bonds. The summed E-state index contributed by atoms with van der Waals surface area (Å²) in [4.78, 5) is 24.2. The number of hydrogen-bond acceptors (Lipinski definition) is 5. The topological polar surface area (TPSA) is 82.5 Å². The minimum Gasteiger partial charge on any atom is -0.496 e. The van der Waals surface area contributed by atoms with Crippen LogP contribution in [0.4, 0.5) is 0 Å². The van der Waals surface area contributed by atoms with E-state index in [2.05, 4.69) is 24.3 Å². The van der Waals surface area contributed by atoms with E-state index in [-0.39, 0.29) is 11.6 Å². The van der Waals surface area contributed by atoms with Crippen LogP contribution in [0, 0.1) is 5.92 Å². The Morgan fingerprint density at radius 2 is 1.90 bits per heavy atom. The number of rotatable bonds is 12. The largest absolute Gasteiger partial charge is 0.496 e. The molecule has 0 aliphatic carbocycles. The average Bonchev–Trinajstić information content (AvgIpc) is 3.18. The van der Waals surface area contributed by atoms with E-state index in [1.165, 1.54) is 0 Å². The van der Waals surface area contributed by atoms with E-state index in [1.54, 1.807) is 20.3 Å². The Labute approximate surface area is 178 Å². The van der Waals surface area contributed by atoms with E-state index in [0.717, 1.165) is 36.8 Å². The maximum atomic E-state index is 12.8. The molecule has 1 aromatic heterocycles. The van der Waals surface area contributed by atoms with Crippen LogP contribution in [0.15, 0.2) is 24.3 Å². The fourth-order valence-electron chi connectivity index (χ4n) is 3.24. The van der Waals surface area contributed by atoms with Crippen molar-refractivity contribution in [3.05, 3.63) is 30.0 Å². The second-order valence-electron chi connectivity index (χ2n) is 7.51. The normalized spacial score (nSPS) is 12.8. The highest BCUT2D eigenvalue weighted by Crippen LogP contribution is 2.38. The molecule has 0 saturated heterocycles. The fourth-order valence-corrected chi connectivity index (χ4v) is 3.24. The molecule has 0 fully saturated rings. The van der Waals surface area contributed by atoms with Crippen molar-refractivity contribution in [2.75, 3.05) is 14.2 Å². The van der Waals surface area contributed by atoms with Crippen molar-refractivity contribution < 1.29 is 19.1 Å². The van der Waals surface area contributed by atoms with Crippen molar-refractivity contribution in [2.45, 2.75) is 59.0 Å². The third kappa shape index (κ3) is 5.62. The van der Waals surface area contributed by atoms with E-state index in [1.807, 2.05) is 29.8 Å². The molecular formula is C23H33N3O4. The molecule has 0 aliphatic heterocycles. The Hall–Kier alpha value is -2.83. The lowest BCUT2D eigenvalue weighted by molar-refractivity contribution is -0.109. The van der Waals surface area contributed by atoms with Gasteiger partial charge in [0.2, 0.25) is 0 Å². The van der Waals surface area contributed by atoms with Gasteiger partial charge < -0.3 is 19.6 Å². The van der Waals surface area contributed by atoms with Crippen LogP contribution in [-0.2, 0) is 11.3 Å². The molecule has 2 aromatic rings. The van der Waals surface area contributed by atoms with E-state index >= 15 is 0 Å². The number of nitrogens with one attached hydrogen (secondary N) is 1. The molecule has 164 valence electrons. The van der Waals surface area contributed by atoms with Crippen molar-refractivity contribution in [1.29, 1.82) is 0 Å². The first-order chi connectivity index (χ1) is 14.5. The summed E-state index contributed by atoms with van der Waals surface area (Å²) < 4.78 is 12.9. The lowest BCUT2D eigenvalue weighted by atomic mass is 10.1. The SMILES string of the molecule is CCCCC(C=O)NC(=O)c1cc(-c2c(OC)cccc2OC)n(CC(C)CC)n1. The van der Waals surface area contributed by atoms with Crippen molar-refractivity contribution in [1.82, 2.24) is 15.1 Å². The predicted octanol–water partition coefficient (Wildman–Crippen LogP) is 4.10. The van der Waals surface area contributed by atoms with Crippen molar-refractivity contribution in [2.24, 2.45) is 5.92 Å². The number of methoxy groups -OCH3 is 2. The molecule has 0 aliphatic rings. The Bertz CT molecular complexity index is 825. The standard InChI is InChI=1S/C23H33N3O4/c1-6-8-10-17(15-27)24-23(28)18-13-19(26(25-18)14-16(3)7-2)22-20(29-4)11-9-12-21(22)30-5/h9,11-13,15-17H,6-8,10,14H2,1-5H3,(H,24,28). The zero-order valence-corrected chi connectivity index (χ0v) is 18.6. The van der Waals surface area contributed by atoms with E-state index in [0.29, 0.717) is 30.4 Å². The number of aromatic nitrogens is 2. The smallest absolute Gasteiger partial charge is 0.272 e. The molecular weight excluding hydrogens is 382 g/mol. The van der Waals surface area contributed by atoms with Crippen LogP contribution in [0.1, 0.15) is 56.9 Å². The van der Waals surface area contributed by atoms with Gasteiger partial charge in [0.25, 0.3) is 5.91 Å². The zero-order valence-electron chi connectivity index (χ0n) is 18.6. The fraction of sp³-hybridized carbons (Fsp3) is 0.522. The minimum absolute atomic E-state index is 0.268. The molecule has 2 rings (SSSR count). The molecule has 7 heteroatoms. The Morgan fingerprint density at radius 1 is 1.23 bits per heavy atom. The number of hydrogen-bond donors (Lipinski definition) is 1. The van der Waals surface area contributed by atoms with Gasteiger partial charge in [-0.15, -0.1) is 0 Å². The number of benzene rings is 1. The number of carbonyl (C=O) groups excluding carboxylic acids is 2. The monoisotopic (exact) mass is 415 g/mol. The number of carbonyl (C=O) groups is 2. The van der Waals surface area contributed by atoms with Gasteiger partial charge in [-0.3, -0.25) is 9.48 Å². The van der Waals surface area contributed by atoms with Gasteiger partial charge in [-0.05, 0) is 30.5 Å². The van der Waals surface area contributed by atoms with E-state index in [4.69, 9.17) is 9.47 Å². The van der Waals surface area contributed by atoms with Gasteiger partial charge in [0.05, 0.1) is 31.5 Å². The Morgan fingerprint density at radius 3 is 2.43 bits per heavy atom. The lowest BCUT2D eigenvalue weighted by Gasteiger charge is -2.16. The van der Waals surface area contributed by atoms with E-state index in [9.17, 15) is 9.59 Å². The average molecular weight is 416 g/mol. The molecule has 0 bridgehead atoms. The van der Waals surface area contributed by atoms with Gasteiger partial charge >= 0.3 is 0 Å². The van der Waals surface area contributed by atoms with E-state index < -0.39 is 6.04 Å². The van der Waals surface area contributed by atoms with Gasteiger partial charge in [0.1, 0.15) is 17.8 Å². The number of ether oxygens (including phenoxy) is 2. The third-order valence-electron chi connectivity index (χ3n) is 5.23. The first kappa shape index (κ1) is 23.4. The van der Waals surface area contributed by atoms with Crippen molar-refractivity contribution in [3.63, 3.8) is 0 Å². The molecule has 7 nitrogen and oxygen atoms in total. The Balaban J connectivity index is 2.47. The first-order valence-corrected chi connectivity index (χ1v) is 10.5. The zero-order chi connectivity index (χ0) is 22.1. The number of aldehydes is 1. The van der Waals surface area contributed by atoms with Crippen LogP contribution < -0.4 is 14.8 Å².